The normalized spacial score (nSPS) is 23.4. The van der Waals surface area contributed by atoms with Crippen molar-refractivity contribution in [3.63, 3.8) is 0 Å². The standard InChI is InChI=1S/C24H26ClN3O9/c1-34-24(33)26-17-7-6-16(36-23-22(32)21(31)20(30)18(11-29)37-23)10-13(17)12-35-19-8-9-28(27-19)15-4-2-14(25)3-5-15/h2-10,18,20-23,29-32H,11-12H2,1H3,(H,26,33)/t18-,20-,21+,22-,23+/m1/s1. The third kappa shape index (κ3) is 6.31. The number of rotatable bonds is 8. The van der Waals surface area contributed by atoms with E-state index in [9.17, 15) is 25.2 Å². The van der Waals surface area contributed by atoms with Crippen molar-refractivity contribution in [2.24, 2.45) is 0 Å². The number of carbonyl (C=O) groups excluding carboxylic acids is 1. The molecule has 1 aromatic heterocycles. The second kappa shape index (κ2) is 11.8. The minimum Gasteiger partial charge on any atom is -0.472 e. The lowest BCUT2D eigenvalue weighted by atomic mass is 9.99. The summed E-state index contributed by atoms with van der Waals surface area (Å²) in [7, 11) is 1.23. The maximum atomic E-state index is 11.8. The number of amides is 1. The van der Waals surface area contributed by atoms with Crippen molar-refractivity contribution in [3.05, 3.63) is 65.3 Å². The molecule has 1 saturated heterocycles. The van der Waals surface area contributed by atoms with E-state index >= 15 is 0 Å². The van der Waals surface area contributed by atoms with Crippen LogP contribution in [0.1, 0.15) is 5.56 Å². The molecule has 5 atom stereocenters. The molecule has 13 heteroatoms. The van der Waals surface area contributed by atoms with Crippen LogP contribution in [0.4, 0.5) is 10.5 Å². The molecular formula is C24H26ClN3O9. The van der Waals surface area contributed by atoms with Gasteiger partial charge in [-0.05, 0) is 42.5 Å². The van der Waals surface area contributed by atoms with Gasteiger partial charge < -0.3 is 39.4 Å². The van der Waals surface area contributed by atoms with Gasteiger partial charge in [-0.15, -0.1) is 5.10 Å². The monoisotopic (exact) mass is 535 g/mol. The predicted molar refractivity (Wildman–Crippen MR) is 130 cm³/mol. The van der Waals surface area contributed by atoms with Crippen molar-refractivity contribution in [1.82, 2.24) is 9.78 Å². The summed E-state index contributed by atoms with van der Waals surface area (Å²) in [5.41, 5.74) is 1.61. The number of halogens is 1. The van der Waals surface area contributed by atoms with Crippen molar-refractivity contribution >= 4 is 23.4 Å². The van der Waals surface area contributed by atoms with Crippen LogP contribution in [0.3, 0.4) is 0 Å². The SMILES string of the molecule is COC(=O)Nc1ccc(O[C@H]2O[C@H](CO)[C@@H](O)[C@H](O)[C@H]2O)cc1COc1ccn(-c2ccc(Cl)cc2)n1. The second-order valence-electron chi connectivity index (χ2n) is 8.11. The van der Waals surface area contributed by atoms with E-state index in [0.717, 1.165) is 5.69 Å². The number of nitrogens with one attached hydrogen (secondary N) is 1. The molecule has 1 aliphatic heterocycles. The fraction of sp³-hybridized carbons (Fsp3) is 0.333. The largest absolute Gasteiger partial charge is 0.472 e. The first-order chi connectivity index (χ1) is 17.8. The zero-order chi connectivity index (χ0) is 26.5. The number of aliphatic hydroxyl groups excluding tert-OH is 4. The highest BCUT2D eigenvalue weighted by molar-refractivity contribution is 6.30. The number of anilines is 1. The molecular weight excluding hydrogens is 510 g/mol. The van der Waals surface area contributed by atoms with Crippen LogP contribution in [0, 0.1) is 0 Å². The van der Waals surface area contributed by atoms with Crippen LogP contribution in [0.5, 0.6) is 11.6 Å². The van der Waals surface area contributed by atoms with E-state index in [-0.39, 0.29) is 12.4 Å². The Balaban J connectivity index is 1.51. The van der Waals surface area contributed by atoms with E-state index in [4.69, 9.17) is 25.8 Å². The number of aliphatic hydroxyl groups is 4. The van der Waals surface area contributed by atoms with Crippen LogP contribution >= 0.6 is 11.6 Å². The minimum atomic E-state index is -1.59. The van der Waals surface area contributed by atoms with Crippen LogP contribution in [0.25, 0.3) is 5.69 Å². The molecule has 5 N–H and O–H groups in total. The quantitative estimate of drug-likeness (QED) is 0.285. The maximum absolute atomic E-state index is 11.8. The molecule has 0 aliphatic carbocycles. The topological polar surface area (TPSA) is 165 Å². The van der Waals surface area contributed by atoms with Crippen LogP contribution in [-0.4, -0.2) is 80.7 Å². The lowest BCUT2D eigenvalue weighted by Gasteiger charge is -2.39. The van der Waals surface area contributed by atoms with E-state index in [0.29, 0.717) is 22.2 Å². The predicted octanol–water partition coefficient (Wildman–Crippen LogP) is 1.46. The Morgan fingerprint density at radius 2 is 1.86 bits per heavy atom. The van der Waals surface area contributed by atoms with E-state index in [1.54, 1.807) is 41.2 Å². The maximum Gasteiger partial charge on any atom is 0.411 e. The number of ether oxygens (including phenoxy) is 4. The first-order valence-electron chi connectivity index (χ1n) is 11.2. The van der Waals surface area contributed by atoms with Crippen LogP contribution in [0.2, 0.25) is 5.02 Å². The van der Waals surface area contributed by atoms with Gasteiger partial charge in [0, 0.05) is 22.8 Å². The highest BCUT2D eigenvalue weighted by Gasteiger charge is 2.44. The number of nitrogens with zero attached hydrogens (tertiary/aromatic N) is 2. The van der Waals surface area contributed by atoms with E-state index in [2.05, 4.69) is 15.2 Å². The lowest BCUT2D eigenvalue weighted by Crippen LogP contribution is -2.60. The second-order valence-corrected chi connectivity index (χ2v) is 8.55. The van der Waals surface area contributed by atoms with Gasteiger partial charge >= 0.3 is 6.09 Å². The molecule has 3 aromatic rings. The summed E-state index contributed by atoms with van der Waals surface area (Å²) in [6.07, 6.45) is -6.16. The molecule has 0 bridgehead atoms. The summed E-state index contributed by atoms with van der Waals surface area (Å²) in [6.45, 7) is -0.628. The summed E-state index contributed by atoms with van der Waals surface area (Å²) in [5.74, 6) is 0.504. The van der Waals surface area contributed by atoms with Crippen LogP contribution in [0.15, 0.2) is 54.7 Å². The van der Waals surface area contributed by atoms with E-state index in [1.165, 1.54) is 25.3 Å². The minimum absolute atomic E-state index is 0.0388. The Labute approximate surface area is 216 Å². The van der Waals surface area contributed by atoms with Crippen molar-refractivity contribution in [2.75, 3.05) is 19.0 Å². The molecule has 198 valence electrons. The zero-order valence-corrected chi connectivity index (χ0v) is 20.4. The van der Waals surface area contributed by atoms with Gasteiger partial charge in [0.1, 0.15) is 36.8 Å². The number of aromatic nitrogens is 2. The lowest BCUT2D eigenvalue weighted by molar-refractivity contribution is -0.277. The first kappa shape index (κ1) is 26.7. The van der Waals surface area contributed by atoms with Gasteiger partial charge in [0.05, 0.1) is 25.1 Å². The number of methoxy groups -OCH3 is 1. The number of benzene rings is 2. The molecule has 0 unspecified atom stereocenters. The summed E-state index contributed by atoms with van der Waals surface area (Å²) in [5, 5.41) is 47.2. The molecule has 2 heterocycles. The van der Waals surface area contributed by atoms with Gasteiger partial charge in [-0.25, -0.2) is 9.48 Å². The molecule has 0 saturated carbocycles. The Morgan fingerprint density at radius 3 is 2.57 bits per heavy atom. The van der Waals surface area contributed by atoms with Crippen molar-refractivity contribution < 1.29 is 44.2 Å². The van der Waals surface area contributed by atoms with Gasteiger partial charge in [0.25, 0.3) is 0 Å². The molecule has 0 spiro atoms. The third-order valence-electron chi connectivity index (χ3n) is 5.63. The zero-order valence-electron chi connectivity index (χ0n) is 19.6. The fourth-order valence-corrected chi connectivity index (χ4v) is 3.74. The molecule has 12 nitrogen and oxygen atoms in total. The highest BCUT2D eigenvalue weighted by Crippen LogP contribution is 2.28. The van der Waals surface area contributed by atoms with Crippen LogP contribution in [-0.2, 0) is 16.1 Å². The van der Waals surface area contributed by atoms with Gasteiger partial charge in [-0.2, -0.15) is 0 Å². The van der Waals surface area contributed by atoms with Gasteiger partial charge in [0.2, 0.25) is 12.2 Å². The van der Waals surface area contributed by atoms with Gasteiger partial charge in [-0.1, -0.05) is 11.6 Å². The van der Waals surface area contributed by atoms with Gasteiger partial charge in [-0.3, -0.25) is 5.32 Å². The fourth-order valence-electron chi connectivity index (χ4n) is 3.62. The summed E-state index contributed by atoms with van der Waals surface area (Å²) in [4.78, 5) is 11.8. The number of hydrogen-bond acceptors (Lipinski definition) is 10. The number of hydrogen-bond donors (Lipinski definition) is 5. The molecule has 1 aliphatic rings. The van der Waals surface area contributed by atoms with Crippen molar-refractivity contribution in [3.8, 4) is 17.3 Å². The molecule has 1 fully saturated rings. The molecule has 2 aromatic carbocycles. The molecule has 4 rings (SSSR count). The average molecular weight is 536 g/mol. The van der Waals surface area contributed by atoms with Crippen molar-refractivity contribution in [2.45, 2.75) is 37.3 Å². The Bertz CT molecular complexity index is 1200. The summed E-state index contributed by atoms with van der Waals surface area (Å²) >= 11 is 5.93. The highest BCUT2D eigenvalue weighted by atomic mass is 35.5. The Morgan fingerprint density at radius 1 is 1.11 bits per heavy atom. The van der Waals surface area contributed by atoms with Crippen molar-refractivity contribution in [1.29, 1.82) is 0 Å². The smallest absolute Gasteiger partial charge is 0.411 e. The summed E-state index contributed by atoms with van der Waals surface area (Å²) in [6, 6.07) is 13.3. The average Bonchev–Trinajstić information content (AvgIpc) is 3.38. The number of carbonyl (C=O) groups is 1. The molecule has 37 heavy (non-hydrogen) atoms. The first-order valence-corrected chi connectivity index (χ1v) is 11.6. The molecule has 1 amide bonds. The van der Waals surface area contributed by atoms with E-state index < -0.39 is 43.4 Å². The van der Waals surface area contributed by atoms with Gasteiger partial charge in [0.15, 0.2) is 0 Å². The Hall–Kier alpha value is -3.39. The Kier molecular flexibility index (Phi) is 8.48. The van der Waals surface area contributed by atoms with Crippen LogP contribution < -0.4 is 14.8 Å². The third-order valence-corrected chi connectivity index (χ3v) is 5.88. The van der Waals surface area contributed by atoms with E-state index in [1.807, 2.05) is 0 Å². The summed E-state index contributed by atoms with van der Waals surface area (Å²) < 4.78 is 23.2. The molecule has 0 radical (unpaired) electrons.